The molecule has 0 saturated heterocycles. The highest BCUT2D eigenvalue weighted by Crippen LogP contribution is 2.32. The van der Waals surface area contributed by atoms with Crippen LogP contribution in [0, 0.1) is 11.3 Å². The summed E-state index contributed by atoms with van der Waals surface area (Å²) >= 11 is 0. The van der Waals surface area contributed by atoms with E-state index in [1.54, 1.807) is 6.07 Å². The van der Waals surface area contributed by atoms with Gasteiger partial charge in [0.2, 0.25) is 0 Å². The third kappa shape index (κ3) is 4.60. The smallest absolute Gasteiger partial charge is 0.319 e. The molecule has 0 aliphatic heterocycles. The molecule has 2 amide bonds. The van der Waals surface area contributed by atoms with Gasteiger partial charge in [0.15, 0.2) is 0 Å². The zero-order valence-corrected chi connectivity index (χ0v) is 15.3. The van der Waals surface area contributed by atoms with E-state index in [9.17, 15) is 4.79 Å². The molecule has 4 nitrogen and oxygen atoms in total. The molecule has 2 aromatic rings. The standard InChI is InChI=1S/C21H25N3O/c1-14(2)18-10-7-11-19(15(3)4)20(18)24-21(25)23-13-17-9-6-5-8-16(17)12-22/h5-11,14-15H,13H2,1-4H3,(H2,23,24,25). The first-order valence-electron chi connectivity index (χ1n) is 8.59. The Kier molecular flexibility index (Phi) is 6.19. The van der Waals surface area contributed by atoms with Gasteiger partial charge in [-0.25, -0.2) is 4.79 Å². The second-order valence-electron chi connectivity index (χ2n) is 6.70. The predicted octanol–water partition coefficient (Wildman–Crippen LogP) is 5.13. The molecule has 25 heavy (non-hydrogen) atoms. The summed E-state index contributed by atoms with van der Waals surface area (Å²) in [6, 6.07) is 15.3. The first-order chi connectivity index (χ1) is 11.9. The molecule has 0 atom stereocenters. The van der Waals surface area contributed by atoms with Crippen LogP contribution in [0.25, 0.3) is 0 Å². The molecule has 130 valence electrons. The third-order valence-corrected chi connectivity index (χ3v) is 4.19. The van der Waals surface area contributed by atoms with Crippen molar-refractivity contribution in [2.75, 3.05) is 5.32 Å². The van der Waals surface area contributed by atoms with Crippen LogP contribution in [0.1, 0.15) is 61.8 Å². The fourth-order valence-corrected chi connectivity index (χ4v) is 2.81. The van der Waals surface area contributed by atoms with Crippen molar-refractivity contribution in [3.63, 3.8) is 0 Å². The molecule has 0 unspecified atom stereocenters. The molecular weight excluding hydrogens is 310 g/mol. The summed E-state index contributed by atoms with van der Waals surface area (Å²) in [5, 5.41) is 15.0. The summed E-state index contributed by atoms with van der Waals surface area (Å²) in [7, 11) is 0. The fraction of sp³-hybridized carbons (Fsp3) is 0.333. The third-order valence-electron chi connectivity index (χ3n) is 4.19. The van der Waals surface area contributed by atoms with E-state index in [1.165, 1.54) is 0 Å². The minimum Gasteiger partial charge on any atom is -0.334 e. The minimum absolute atomic E-state index is 0.261. The van der Waals surface area contributed by atoms with E-state index in [1.807, 2.05) is 24.3 Å². The summed E-state index contributed by atoms with van der Waals surface area (Å²) in [6.07, 6.45) is 0. The Bertz CT molecular complexity index is 762. The van der Waals surface area contributed by atoms with Crippen LogP contribution < -0.4 is 10.6 Å². The number of hydrogen-bond acceptors (Lipinski definition) is 2. The monoisotopic (exact) mass is 335 g/mol. The van der Waals surface area contributed by atoms with Crippen molar-refractivity contribution in [3.8, 4) is 6.07 Å². The van der Waals surface area contributed by atoms with Gasteiger partial charge in [-0.15, -0.1) is 0 Å². The van der Waals surface area contributed by atoms with Crippen LogP contribution in [0.15, 0.2) is 42.5 Å². The van der Waals surface area contributed by atoms with Crippen molar-refractivity contribution in [1.82, 2.24) is 5.32 Å². The van der Waals surface area contributed by atoms with Crippen LogP contribution in [0.4, 0.5) is 10.5 Å². The maximum absolute atomic E-state index is 12.4. The van der Waals surface area contributed by atoms with E-state index in [0.717, 1.165) is 22.4 Å². The molecule has 4 heteroatoms. The van der Waals surface area contributed by atoms with Gasteiger partial charge in [-0.3, -0.25) is 0 Å². The minimum atomic E-state index is -0.261. The number of nitriles is 1. The average Bonchev–Trinajstić information content (AvgIpc) is 2.59. The lowest BCUT2D eigenvalue weighted by Crippen LogP contribution is -2.29. The van der Waals surface area contributed by atoms with Crippen molar-refractivity contribution in [2.24, 2.45) is 0 Å². The number of para-hydroxylation sites is 1. The van der Waals surface area contributed by atoms with Crippen molar-refractivity contribution < 1.29 is 4.79 Å². The van der Waals surface area contributed by atoms with Crippen LogP contribution in [-0.2, 0) is 6.54 Å². The highest BCUT2D eigenvalue weighted by Gasteiger charge is 2.16. The Morgan fingerprint density at radius 2 is 1.60 bits per heavy atom. The fourth-order valence-electron chi connectivity index (χ4n) is 2.81. The summed E-state index contributed by atoms with van der Waals surface area (Å²) in [4.78, 5) is 12.4. The number of nitrogens with zero attached hydrogens (tertiary/aromatic N) is 1. The van der Waals surface area contributed by atoms with Gasteiger partial charge in [0, 0.05) is 12.2 Å². The number of nitrogens with one attached hydrogen (secondary N) is 2. The van der Waals surface area contributed by atoms with Gasteiger partial charge < -0.3 is 10.6 Å². The SMILES string of the molecule is CC(C)c1cccc(C(C)C)c1NC(=O)NCc1ccccc1C#N. The predicted molar refractivity (Wildman–Crippen MR) is 102 cm³/mol. The molecule has 0 aromatic heterocycles. The number of hydrogen-bond donors (Lipinski definition) is 2. The second-order valence-corrected chi connectivity index (χ2v) is 6.70. The van der Waals surface area contributed by atoms with E-state index in [2.05, 4.69) is 56.5 Å². The van der Waals surface area contributed by atoms with Crippen molar-refractivity contribution in [2.45, 2.75) is 46.1 Å². The summed E-state index contributed by atoms with van der Waals surface area (Å²) in [6.45, 7) is 8.78. The van der Waals surface area contributed by atoms with E-state index < -0.39 is 0 Å². The number of benzene rings is 2. The van der Waals surface area contributed by atoms with E-state index in [-0.39, 0.29) is 6.03 Å². The van der Waals surface area contributed by atoms with E-state index >= 15 is 0 Å². The number of urea groups is 1. The Morgan fingerprint density at radius 3 is 2.16 bits per heavy atom. The molecule has 0 aliphatic rings. The molecule has 2 rings (SSSR count). The van der Waals surface area contributed by atoms with Gasteiger partial charge >= 0.3 is 6.03 Å². The number of rotatable bonds is 5. The van der Waals surface area contributed by atoms with Gasteiger partial charge in [0.25, 0.3) is 0 Å². The Morgan fingerprint density at radius 1 is 1.00 bits per heavy atom. The molecule has 0 spiro atoms. The van der Waals surface area contributed by atoms with Gasteiger partial charge in [0.05, 0.1) is 11.6 Å². The number of carbonyl (C=O) groups excluding carboxylic acids is 1. The van der Waals surface area contributed by atoms with Crippen molar-refractivity contribution in [1.29, 1.82) is 5.26 Å². The molecule has 2 N–H and O–H groups in total. The van der Waals surface area contributed by atoms with E-state index in [0.29, 0.717) is 23.9 Å². The van der Waals surface area contributed by atoms with Crippen LogP contribution >= 0.6 is 0 Å². The molecule has 0 radical (unpaired) electrons. The molecule has 0 aliphatic carbocycles. The van der Waals surface area contributed by atoms with Gasteiger partial charge in [-0.1, -0.05) is 64.1 Å². The van der Waals surface area contributed by atoms with Gasteiger partial charge in [-0.2, -0.15) is 5.26 Å². The summed E-state index contributed by atoms with van der Waals surface area (Å²) in [5.41, 5.74) is 4.52. The van der Waals surface area contributed by atoms with Crippen LogP contribution in [0.3, 0.4) is 0 Å². The summed E-state index contributed by atoms with van der Waals surface area (Å²) in [5.74, 6) is 0.627. The zero-order chi connectivity index (χ0) is 18.4. The maximum atomic E-state index is 12.4. The highest BCUT2D eigenvalue weighted by molar-refractivity contribution is 5.91. The van der Waals surface area contributed by atoms with Gasteiger partial charge in [0.1, 0.15) is 0 Å². The lowest BCUT2D eigenvalue weighted by molar-refractivity contribution is 0.251. The van der Waals surface area contributed by atoms with Crippen LogP contribution in [0.5, 0.6) is 0 Å². The first kappa shape index (κ1) is 18.5. The number of amides is 2. The molecule has 0 heterocycles. The molecule has 0 saturated carbocycles. The Labute approximate surface area is 149 Å². The van der Waals surface area contributed by atoms with Crippen molar-refractivity contribution in [3.05, 3.63) is 64.7 Å². The lowest BCUT2D eigenvalue weighted by Gasteiger charge is -2.20. The van der Waals surface area contributed by atoms with E-state index in [4.69, 9.17) is 5.26 Å². The number of carbonyl (C=O) groups is 1. The zero-order valence-electron chi connectivity index (χ0n) is 15.3. The molecule has 0 bridgehead atoms. The first-order valence-corrected chi connectivity index (χ1v) is 8.59. The van der Waals surface area contributed by atoms with Gasteiger partial charge in [-0.05, 0) is 34.6 Å². The quantitative estimate of drug-likeness (QED) is 0.796. The number of anilines is 1. The maximum Gasteiger partial charge on any atom is 0.319 e. The second kappa shape index (κ2) is 8.34. The molecule has 0 fully saturated rings. The van der Waals surface area contributed by atoms with Crippen molar-refractivity contribution >= 4 is 11.7 Å². The topological polar surface area (TPSA) is 64.9 Å². The normalized spacial score (nSPS) is 10.6. The Balaban J connectivity index is 2.16. The average molecular weight is 335 g/mol. The molecular formula is C21H25N3O. The largest absolute Gasteiger partial charge is 0.334 e. The lowest BCUT2D eigenvalue weighted by atomic mass is 9.93. The summed E-state index contributed by atoms with van der Waals surface area (Å²) < 4.78 is 0. The van der Waals surface area contributed by atoms with Crippen LogP contribution in [-0.4, -0.2) is 6.03 Å². The Hall–Kier alpha value is -2.80. The highest BCUT2D eigenvalue weighted by atomic mass is 16.2. The molecule has 2 aromatic carbocycles. The van der Waals surface area contributed by atoms with Crippen LogP contribution in [0.2, 0.25) is 0 Å².